The van der Waals surface area contributed by atoms with E-state index in [-0.39, 0.29) is 12.0 Å². The van der Waals surface area contributed by atoms with Crippen LogP contribution in [-0.2, 0) is 4.79 Å². The average Bonchev–Trinajstić information content (AvgIpc) is 2.12. The van der Waals surface area contributed by atoms with Gasteiger partial charge in [0.05, 0.1) is 6.42 Å². The summed E-state index contributed by atoms with van der Waals surface area (Å²) in [5, 5.41) is 17.3. The van der Waals surface area contributed by atoms with Gasteiger partial charge in [-0.05, 0) is 23.6 Å². The second-order valence-corrected chi connectivity index (χ2v) is 3.33. The van der Waals surface area contributed by atoms with Crippen LogP contribution in [0, 0.1) is 11.6 Å². The van der Waals surface area contributed by atoms with Crippen molar-refractivity contribution in [2.75, 3.05) is 0 Å². The summed E-state index contributed by atoms with van der Waals surface area (Å²) in [5.74, 6) is -4.76. The molecule has 0 fully saturated rings. The molecule has 0 amide bonds. The van der Waals surface area contributed by atoms with E-state index in [4.69, 9.17) is 10.2 Å². The lowest BCUT2D eigenvalue weighted by molar-refractivity contribution is -0.137. The molecule has 0 aromatic heterocycles. The van der Waals surface area contributed by atoms with Crippen LogP contribution in [0.1, 0.15) is 24.8 Å². The maximum atomic E-state index is 12.9. The van der Waals surface area contributed by atoms with Gasteiger partial charge in [-0.2, -0.15) is 0 Å². The van der Waals surface area contributed by atoms with Crippen molar-refractivity contribution in [2.24, 2.45) is 0 Å². The molecule has 1 unspecified atom stereocenters. The van der Waals surface area contributed by atoms with Crippen molar-refractivity contribution in [3.05, 3.63) is 29.3 Å². The Morgan fingerprint density at radius 1 is 1.40 bits per heavy atom. The van der Waals surface area contributed by atoms with Crippen molar-refractivity contribution >= 4 is 5.97 Å². The molecule has 15 heavy (non-hydrogen) atoms. The number of aliphatic carboxylic acids is 1. The summed E-state index contributed by atoms with van der Waals surface area (Å²) in [4.78, 5) is 10.4. The third-order valence-electron chi connectivity index (χ3n) is 2.09. The van der Waals surface area contributed by atoms with E-state index in [0.717, 1.165) is 12.1 Å². The van der Waals surface area contributed by atoms with Crippen molar-refractivity contribution in [2.45, 2.75) is 19.3 Å². The summed E-state index contributed by atoms with van der Waals surface area (Å²) >= 11 is 0. The van der Waals surface area contributed by atoms with Crippen molar-refractivity contribution in [1.82, 2.24) is 0 Å². The lowest BCUT2D eigenvalue weighted by atomic mass is 9.97. The Balaban J connectivity index is 3.00. The van der Waals surface area contributed by atoms with Gasteiger partial charge in [-0.3, -0.25) is 4.79 Å². The van der Waals surface area contributed by atoms with Gasteiger partial charge < -0.3 is 10.2 Å². The number of phenols is 1. The molecule has 0 saturated heterocycles. The molecular formula is C10H10F2O3. The molecule has 0 saturated carbocycles. The van der Waals surface area contributed by atoms with Gasteiger partial charge in [-0.25, -0.2) is 8.78 Å². The summed E-state index contributed by atoms with van der Waals surface area (Å²) in [6, 6.07) is 1.87. The monoisotopic (exact) mass is 216 g/mol. The number of phenolic OH excluding ortho intramolecular Hbond substituents is 1. The SMILES string of the molecule is CC(CC(=O)O)c1cc(F)c(O)c(F)c1. The number of hydrogen-bond acceptors (Lipinski definition) is 2. The molecule has 82 valence electrons. The van der Waals surface area contributed by atoms with Crippen LogP contribution in [0.5, 0.6) is 5.75 Å². The molecule has 1 aromatic carbocycles. The Labute approximate surface area is 85.0 Å². The Hall–Kier alpha value is -1.65. The van der Waals surface area contributed by atoms with Gasteiger partial charge in [0.2, 0.25) is 0 Å². The third kappa shape index (κ3) is 2.65. The van der Waals surface area contributed by atoms with Crippen molar-refractivity contribution < 1.29 is 23.8 Å². The van der Waals surface area contributed by atoms with Gasteiger partial charge in [-0.15, -0.1) is 0 Å². The highest BCUT2D eigenvalue weighted by atomic mass is 19.1. The molecule has 3 nitrogen and oxygen atoms in total. The van der Waals surface area contributed by atoms with Gasteiger partial charge in [0.25, 0.3) is 0 Å². The van der Waals surface area contributed by atoms with Crippen LogP contribution in [0.15, 0.2) is 12.1 Å². The number of rotatable bonds is 3. The lowest BCUT2D eigenvalue weighted by Crippen LogP contribution is -2.03. The molecule has 0 aliphatic heterocycles. The summed E-state index contributed by atoms with van der Waals surface area (Å²) < 4.78 is 25.8. The Bertz CT molecular complexity index is 367. The molecule has 1 aromatic rings. The fraction of sp³-hybridized carbons (Fsp3) is 0.300. The van der Waals surface area contributed by atoms with E-state index >= 15 is 0 Å². The van der Waals surface area contributed by atoms with E-state index in [1.807, 2.05) is 0 Å². The predicted molar refractivity (Wildman–Crippen MR) is 48.7 cm³/mol. The number of carboxylic acids is 1. The molecule has 0 heterocycles. The van der Waals surface area contributed by atoms with E-state index in [9.17, 15) is 13.6 Å². The van der Waals surface area contributed by atoms with E-state index in [1.165, 1.54) is 0 Å². The maximum Gasteiger partial charge on any atom is 0.303 e. The molecule has 5 heteroatoms. The summed E-state index contributed by atoms with van der Waals surface area (Å²) in [6.45, 7) is 1.54. The van der Waals surface area contributed by atoms with Gasteiger partial charge in [0.1, 0.15) is 0 Å². The highest BCUT2D eigenvalue weighted by Crippen LogP contribution is 2.27. The van der Waals surface area contributed by atoms with Gasteiger partial charge in [0, 0.05) is 0 Å². The molecule has 0 spiro atoms. The number of halogens is 2. The first-order valence-electron chi connectivity index (χ1n) is 4.31. The minimum atomic E-state index is -1.08. The summed E-state index contributed by atoms with van der Waals surface area (Å²) in [6.07, 6.45) is -0.219. The molecular weight excluding hydrogens is 206 g/mol. The first-order valence-corrected chi connectivity index (χ1v) is 4.31. The minimum Gasteiger partial charge on any atom is -0.503 e. The molecule has 2 N–H and O–H groups in total. The number of carboxylic acid groups (broad SMARTS) is 1. The highest BCUT2D eigenvalue weighted by molar-refractivity contribution is 5.68. The number of carbonyl (C=O) groups is 1. The standard InChI is InChI=1S/C10H10F2O3/c1-5(2-9(13)14)6-3-7(11)10(15)8(12)4-6/h3-5,15H,2H2,1H3,(H,13,14). The smallest absolute Gasteiger partial charge is 0.303 e. The topological polar surface area (TPSA) is 57.5 Å². The van der Waals surface area contributed by atoms with Crippen LogP contribution in [-0.4, -0.2) is 16.2 Å². The molecule has 0 bridgehead atoms. The lowest BCUT2D eigenvalue weighted by Gasteiger charge is -2.10. The van der Waals surface area contributed by atoms with Crippen molar-refractivity contribution in [3.8, 4) is 5.75 Å². The fourth-order valence-electron chi connectivity index (χ4n) is 1.25. The van der Waals surface area contributed by atoms with Crippen LogP contribution < -0.4 is 0 Å². The molecule has 1 rings (SSSR count). The largest absolute Gasteiger partial charge is 0.503 e. The van der Waals surface area contributed by atoms with E-state index in [2.05, 4.69) is 0 Å². The minimum absolute atomic E-state index is 0.213. The van der Waals surface area contributed by atoms with E-state index in [0.29, 0.717) is 0 Å². The zero-order valence-electron chi connectivity index (χ0n) is 8.00. The van der Waals surface area contributed by atoms with E-state index < -0.39 is 29.3 Å². The van der Waals surface area contributed by atoms with Crippen LogP contribution in [0.4, 0.5) is 8.78 Å². The van der Waals surface area contributed by atoms with Crippen LogP contribution >= 0.6 is 0 Å². The molecule has 0 aliphatic rings. The second-order valence-electron chi connectivity index (χ2n) is 3.33. The second kappa shape index (κ2) is 4.25. The normalized spacial score (nSPS) is 12.5. The molecule has 0 aliphatic carbocycles. The van der Waals surface area contributed by atoms with Gasteiger partial charge in [0.15, 0.2) is 17.4 Å². The van der Waals surface area contributed by atoms with Crippen LogP contribution in [0.3, 0.4) is 0 Å². The zero-order chi connectivity index (χ0) is 11.6. The molecule has 1 atom stereocenters. The quantitative estimate of drug-likeness (QED) is 0.814. The average molecular weight is 216 g/mol. The fourth-order valence-corrected chi connectivity index (χ4v) is 1.25. The van der Waals surface area contributed by atoms with Crippen molar-refractivity contribution in [3.63, 3.8) is 0 Å². The summed E-state index contributed by atoms with van der Waals surface area (Å²) in [7, 11) is 0. The Kier molecular flexibility index (Phi) is 3.24. The molecule has 0 radical (unpaired) electrons. The van der Waals surface area contributed by atoms with Crippen molar-refractivity contribution in [1.29, 1.82) is 0 Å². The van der Waals surface area contributed by atoms with Crippen LogP contribution in [0.25, 0.3) is 0 Å². The first kappa shape index (κ1) is 11.4. The zero-order valence-corrected chi connectivity index (χ0v) is 8.00. The summed E-state index contributed by atoms with van der Waals surface area (Å²) in [5.41, 5.74) is 0.213. The number of benzene rings is 1. The highest BCUT2D eigenvalue weighted by Gasteiger charge is 2.15. The van der Waals surface area contributed by atoms with Crippen LogP contribution in [0.2, 0.25) is 0 Å². The Morgan fingerprint density at radius 2 is 1.87 bits per heavy atom. The van der Waals surface area contributed by atoms with Gasteiger partial charge >= 0.3 is 5.97 Å². The Morgan fingerprint density at radius 3 is 2.27 bits per heavy atom. The maximum absolute atomic E-state index is 12.9. The van der Waals surface area contributed by atoms with Gasteiger partial charge in [-0.1, -0.05) is 6.92 Å². The predicted octanol–water partition coefficient (Wildman–Crippen LogP) is 2.25. The first-order chi connectivity index (χ1) is 6.91. The van der Waals surface area contributed by atoms with E-state index in [1.54, 1.807) is 6.92 Å². The number of aromatic hydroxyl groups is 1. The number of hydrogen-bond donors (Lipinski definition) is 2. The third-order valence-corrected chi connectivity index (χ3v) is 2.09.